The van der Waals surface area contributed by atoms with Crippen LogP contribution in [0.2, 0.25) is 5.02 Å². The van der Waals surface area contributed by atoms with E-state index in [-0.39, 0.29) is 11.8 Å². The number of fused-ring (bicyclic) bond motifs is 1. The van der Waals surface area contributed by atoms with Crippen LogP contribution in [0, 0.1) is 11.3 Å². The van der Waals surface area contributed by atoms with Crippen molar-refractivity contribution in [3.8, 4) is 22.5 Å². The highest BCUT2D eigenvalue weighted by molar-refractivity contribution is 7.13. The minimum Gasteiger partial charge on any atom is -0.420 e. The summed E-state index contributed by atoms with van der Waals surface area (Å²) in [7, 11) is 0. The number of nitrogens with zero attached hydrogens (tertiary/aromatic N) is 2. The monoisotopic (exact) mass is 354 g/mol. The van der Waals surface area contributed by atoms with Crippen LogP contribution in [0.25, 0.3) is 10.6 Å². The van der Waals surface area contributed by atoms with Gasteiger partial charge in [0.2, 0.25) is 11.8 Å². The highest BCUT2D eigenvalue weighted by Gasteiger charge is 2.35. The number of ether oxygens (including phenoxy) is 1. The Morgan fingerprint density at radius 1 is 1.29 bits per heavy atom. The average molecular weight is 355 g/mol. The van der Waals surface area contributed by atoms with E-state index in [1.807, 2.05) is 29.6 Å². The Morgan fingerprint density at radius 2 is 2.08 bits per heavy atom. The Balaban J connectivity index is 1.95. The van der Waals surface area contributed by atoms with Crippen LogP contribution in [0.4, 0.5) is 0 Å². The Kier molecular flexibility index (Phi) is 3.53. The fourth-order valence-electron chi connectivity index (χ4n) is 2.84. The number of nitriles is 1. The Hall–Kier alpha value is -2.75. The smallest absolute Gasteiger partial charge is 0.244 e. The molecule has 0 amide bonds. The minimum absolute atomic E-state index is 0.0779. The molecule has 3 N–H and O–H groups in total. The van der Waals surface area contributed by atoms with Gasteiger partial charge in [0.05, 0.1) is 22.1 Å². The third kappa shape index (κ3) is 2.26. The lowest BCUT2D eigenvalue weighted by atomic mass is 9.84. The summed E-state index contributed by atoms with van der Waals surface area (Å²) in [6.07, 6.45) is 0. The summed E-state index contributed by atoms with van der Waals surface area (Å²) in [4.78, 5) is 1.02. The second-order valence-electron chi connectivity index (χ2n) is 5.27. The molecule has 1 aromatic carbocycles. The highest BCUT2D eigenvalue weighted by Crippen LogP contribution is 2.46. The number of aromatic nitrogens is 2. The van der Waals surface area contributed by atoms with Crippen LogP contribution in [-0.4, -0.2) is 10.2 Å². The SMILES string of the molecule is N#CC1=C(N)Oc2n[nH]c(-c3cccs3)c2[C@H]1c1ccc(Cl)cc1. The lowest BCUT2D eigenvalue weighted by Gasteiger charge is -2.23. The molecule has 2 aromatic heterocycles. The molecule has 4 rings (SSSR count). The van der Waals surface area contributed by atoms with Crippen molar-refractivity contribution >= 4 is 22.9 Å². The summed E-state index contributed by atoms with van der Waals surface area (Å²) in [6.45, 7) is 0. The van der Waals surface area contributed by atoms with Crippen LogP contribution < -0.4 is 10.5 Å². The van der Waals surface area contributed by atoms with Crippen LogP contribution in [-0.2, 0) is 0 Å². The lowest BCUT2D eigenvalue weighted by Crippen LogP contribution is -2.20. The van der Waals surface area contributed by atoms with Crippen molar-refractivity contribution in [3.63, 3.8) is 0 Å². The van der Waals surface area contributed by atoms with Gasteiger partial charge in [-0.15, -0.1) is 16.4 Å². The third-order valence-corrected chi connectivity index (χ3v) is 5.05. The number of rotatable bonds is 2. The number of allylic oxidation sites excluding steroid dienone is 1. The molecule has 0 saturated carbocycles. The standard InChI is InChI=1S/C17H11ClN4OS/c18-10-5-3-9(4-6-10)13-11(8-19)16(20)23-17-14(13)15(21-22-17)12-2-1-7-24-12/h1-7,13H,20H2,(H,21,22)/t13-/m0/s1. The highest BCUT2D eigenvalue weighted by atomic mass is 35.5. The van der Waals surface area contributed by atoms with Crippen LogP contribution in [0.3, 0.4) is 0 Å². The second-order valence-corrected chi connectivity index (χ2v) is 6.66. The van der Waals surface area contributed by atoms with E-state index in [0.717, 1.165) is 21.7 Å². The van der Waals surface area contributed by atoms with Crippen molar-refractivity contribution in [1.82, 2.24) is 10.2 Å². The van der Waals surface area contributed by atoms with Crippen LogP contribution in [0.5, 0.6) is 5.88 Å². The Labute approximate surface area is 146 Å². The fourth-order valence-corrected chi connectivity index (χ4v) is 3.70. The first-order valence-electron chi connectivity index (χ1n) is 7.14. The molecule has 3 aromatic rings. The molecule has 24 heavy (non-hydrogen) atoms. The molecule has 0 bridgehead atoms. The van der Waals surface area contributed by atoms with E-state index < -0.39 is 0 Å². The number of hydrogen-bond donors (Lipinski definition) is 2. The van der Waals surface area contributed by atoms with E-state index in [0.29, 0.717) is 16.5 Å². The van der Waals surface area contributed by atoms with E-state index in [1.54, 1.807) is 23.5 Å². The van der Waals surface area contributed by atoms with Gasteiger partial charge in [0.25, 0.3) is 0 Å². The predicted octanol–water partition coefficient (Wildman–Crippen LogP) is 4.01. The van der Waals surface area contributed by atoms with Gasteiger partial charge in [-0.05, 0) is 29.1 Å². The number of nitrogens with two attached hydrogens (primary N) is 1. The first-order valence-corrected chi connectivity index (χ1v) is 8.40. The molecule has 0 fully saturated rings. The van der Waals surface area contributed by atoms with Crippen molar-refractivity contribution in [3.05, 3.63) is 69.4 Å². The second kappa shape index (κ2) is 5.71. The average Bonchev–Trinajstić information content (AvgIpc) is 3.23. The zero-order valence-electron chi connectivity index (χ0n) is 12.3. The maximum absolute atomic E-state index is 9.61. The van der Waals surface area contributed by atoms with Gasteiger partial charge in [0.1, 0.15) is 11.6 Å². The number of nitrogens with one attached hydrogen (secondary N) is 1. The molecule has 118 valence electrons. The summed E-state index contributed by atoms with van der Waals surface area (Å²) < 4.78 is 5.56. The van der Waals surface area contributed by atoms with Gasteiger partial charge in [0, 0.05) is 5.02 Å². The minimum atomic E-state index is -0.355. The number of H-pyrrole nitrogens is 1. The molecule has 5 nitrogen and oxygen atoms in total. The third-order valence-electron chi connectivity index (χ3n) is 3.91. The van der Waals surface area contributed by atoms with Crippen molar-refractivity contribution in [2.24, 2.45) is 5.73 Å². The summed E-state index contributed by atoms with van der Waals surface area (Å²) in [5.41, 5.74) is 8.86. The summed E-state index contributed by atoms with van der Waals surface area (Å²) in [5.74, 6) is 0.121. The summed E-state index contributed by atoms with van der Waals surface area (Å²) in [5, 5.41) is 19.5. The molecular formula is C17H11ClN4OS. The van der Waals surface area contributed by atoms with E-state index in [9.17, 15) is 5.26 Å². The largest absolute Gasteiger partial charge is 0.420 e. The normalized spacial score (nSPS) is 16.4. The molecule has 7 heteroatoms. The molecule has 0 saturated heterocycles. The molecule has 0 spiro atoms. The predicted molar refractivity (Wildman–Crippen MR) is 92.7 cm³/mol. The van der Waals surface area contributed by atoms with Gasteiger partial charge in [-0.1, -0.05) is 29.8 Å². The first-order chi connectivity index (χ1) is 11.7. The van der Waals surface area contributed by atoms with Crippen LogP contribution in [0.15, 0.2) is 53.2 Å². The number of benzene rings is 1. The van der Waals surface area contributed by atoms with Gasteiger partial charge in [-0.2, -0.15) is 5.26 Å². The first kappa shape index (κ1) is 14.8. The molecule has 0 aliphatic carbocycles. The molecule has 1 aliphatic heterocycles. The summed E-state index contributed by atoms with van der Waals surface area (Å²) >= 11 is 7.58. The van der Waals surface area contributed by atoms with Gasteiger partial charge in [-0.3, -0.25) is 5.10 Å². The number of halogens is 1. The topological polar surface area (TPSA) is 87.7 Å². The van der Waals surface area contributed by atoms with Crippen molar-refractivity contribution < 1.29 is 4.74 Å². The van der Waals surface area contributed by atoms with Gasteiger partial charge < -0.3 is 10.5 Å². The molecular weight excluding hydrogens is 344 g/mol. The van der Waals surface area contributed by atoms with Crippen LogP contribution in [0.1, 0.15) is 17.0 Å². The van der Waals surface area contributed by atoms with Gasteiger partial charge in [-0.25, -0.2) is 0 Å². The van der Waals surface area contributed by atoms with E-state index in [4.69, 9.17) is 22.1 Å². The van der Waals surface area contributed by atoms with Crippen molar-refractivity contribution in [2.75, 3.05) is 0 Å². The quantitative estimate of drug-likeness (QED) is 0.727. The van der Waals surface area contributed by atoms with Crippen molar-refractivity contribution in [2.45, 2.75) is 5.92 Å². The maximum Gasteiger partial charge on any atom is 0.244 e. The molecule has 1 aliphatic rings. The molecule has 3 heterocycles. The van der Waals surface area contributed by atoms with Gasteiger partial charge >= 0.3 is 0 Å². The van der Waals surface area contributed by atoms with Crippen molar-refractivity contribution in [1.29, 1.82) is 5.26 Å². The Morgan fingerprint density at radius 3 is 2.75 bits per heavy atom. The van der Waals surface area contributed by atoms with E-state index in [1.165, 1.54) is 0 Å². The summed E-state index contributed by atoms with van der Waals surface area (Å²) in [6, 6.07) is 13.5. The van der Waals surface area contributed by atoms with E-state index >= 15 is 0 Å². The molecule has 0 radical (unpaired) electrons. The Bertz CT molecular complexity index is 967. The number of hydrogen-bond acceptors (Lipinski definition) is 5. The zero-order valence-corrected chi connectivity index (χ0v) is 13.9. The zero-order chi connectivity index (χ0) is 16.7. The maximum atomic E-state index is 9.61. The lowest BCUT2D eigenvalue weighted by molar-refractivity contribution is 0.379. The number of thiophene rings is 1. The molecule has 1 atom stereocenters. The van der Waals surface area contributed by atoms with E-state index in [2.05, 4.69) is 16.3 Å². The number of aromatic amines is 1. The molecule has 0 unspecified atom stereocenters. The van der Waals surface area contributed by atoms with Crippen LogP contribution >= 0.6 is 22.9 Å². The fraction of sp³-hybridized carbons (Fsp3) is 0.0588. The van der Waals surface area contributed by atoms with Gasteiger partial charge in [0.15, 0.2) is 0 Å².